The number of carbonyl (C=O) groups is 1. The molecule has 0 spiro atoms. The molecule has 158 valence electrons. The third-order valence-electron chi connectivity index (χ3n) is 5.20. The number of hydrogen-bond acceptors (Lipinski definition) is 4. The van der Waals surface area contributed by atoms with Crippen molar-refractivity contribution in [2.75, 3.05) is 5.32 Å². The summed E-state index contributed by atoms with van der Waals surface area (Å²) in [6.45, 7) is 6.01. The van der Waals surface area contributed by atoms with E-state index in [4.69, 9.17) is 16.0 Å². The van der Waals surface area contributed by atoms with Gasteiger partial charge in [-0.1, -0.05) is 38.8 Å². The minimum Gasteiger partial charge on any atom is -0.508 e. The molecular weight excluding hydrogens is 402 g/mol. The molecule has 0 unspecified atom stereocenters. The van der Waals surface area contributed by atoms with Crippen LogP contribution in [-0.4, -0.2) is 11.0 Å². The smallest absolute Gasteiger partial charge is 0.263 e. The lowest BCUT2D eigenvalue weighted by atomic mass is 10.0. The Morgan fingerprint density at radius 2 is 1.77 bits per heavy atom. The van der Waals surface area contributed by atoms with Gasteiger partial charge in [-0.25, -0.2) is 0 Å². The van der Waals surface area contributed by atoms with Crippen LogP contribution in [0.15, 0.2) is 39.5 Å². The average Bonchev–Trinajstić information content (AvgIpc) is 2.73. The maximum atomic E-state index is 13.3. The van der Waals surface area contributed by atoms with E-state index >= 15 is 0 Å². The Morgan fingerprint density at radius 3 is 2.37 bits per heavy atom. The Balaban J connectivity index is 2.15. The Kier molecular flexibility index (Phi) is 6.83. The van der Waals surface area contributed by atoms with Crippen molar-refractivity contribution >= 4 is 34.2 Å². The number of carbonyl (C=O) groups excluding carboxylic acids is 1. The van der Waals surface area contributed by atoms with E-state index in [0.717, 1.165) is 24.0 Å². The molecule has 0 aliphatic carbocycles. The third kappa shape index (κ3) is 4.36. The highest BCUT2D eigenvalue weighted by molar-refractivity contribution is 6.31. The van der Waals surface area contributed by atoms with E-state index in [9.17, 15) is 14.7 Å². The van der Waals surface area contributed by atoms with E-state index in [-0.39, 0.29) is 16.7 Å². The van der Waals surface area contributed by atoms with E-state index in [1.807, 2.05) is 32.9 Å². The third-order valence-corrected chi connectivity index (χ3v) is 5.42. The number of phenolic OH excluding ortho intramolecular Hbond substituents is 1. The Hall–Kier alpha value is -2.79. The van der Waals surface area contributed by atoms with Gasteiger partial charge >= 0.3 is 0 Å². The molecule has 1 amide bonds. The molecule has 30 heavy (non-hydrogen) atoms. The lowest BCUT2D eigenvalue weighted by molar-refractivity contribution is 0.102. The van der Waals surface area contributed by atoms with Gasteiger partial charge in [0.1, 0.15) is 22.7 Å². The highest BCUT2D eigenvalue weighted by Crippen LogP contribution is 2.28. The van der Waals surface area contributed by atoms with Gasteiger partial charge in [-0.2, -0.15) is 0 Å². The first kappa shape index (κ1) is 21.9. The number of hydrogen-bond donors (Lipinski definition) is 2. The molecule has 0 fully saturated rings. The van der Waals surface area contributed by atoms with Gasteiger partial charge in [0.15, 0.2) is 0 Å². The van der Waals surface area contributed by atoms with Crippen molar-refractivity contribution in [3.05, 3.63) is 68.0 Å². The second-order valence-electron chi connectivity index (χ2n) is 7.27. The monoisotopic (exact) mass is 427 g/mol. The number of aromatic hydroxyl groups is 1. The average molecular weight is 428 g/mol. The molecule has 0 aliphatic rings. The molecule has 1 aromatic heterocycles. The predicted octanol–water partition coefficient (Wildman–Crippen LogP) is 5.87. The summed E-state index contributed by atoms with van der Waals surface area (Å²) in [5.41, 5.74) is 2.40. The Morgan fingerprint density at radius 1 is 1.10 bits per heavy atom. The number of benzene rings is 2. The van der Waals surface area contributed by atoms with Crippen molar-refractivity contribution in [2.24, 2.45) is 0 Å². The molecule has 0 saturated heterocycles. The molecule has 2 aromatic carbocycles. The van der Waals surface area contributed by atoms with Crippen LogP contribution in [0.3, 0.4) is 0 Å². The molecule has 6 heteroatoms. The fourth-order valence-corrected chi connectivity index (χ4v) is 3.86. The second kappa shape index (κ2) is 9.35. The van der Waals surface area contributed by atoms with E-state index in [1.54, 1.807) is 6.07 Å². The molecule has 0 radical (unpaired) electrons. The molecule has 0 bridgehead atoms. The normalized spacial score (nSPS) is 11.1. The number of nitrogens with one attached hydrogen (secondary N) is 1. The quantitative estimate of drug-likeness (QED) is 0.494. The molecule has 0 atom stereocenters. The van der Waals surface area contributed by atoms with Crippen molar-refractivity contribution in [2.45, 2.75) is 52.9 Å². The molecule has 1 heterocycles. The standard InChI is InChI=1S/C24H26ClNO4/c1-4-7-8-20-21(23(28)18-13-17(27)9-10-19(18)30-20)24(29)26-22-14(5-2)11-16(25)12-15(22)6-3/h9-13,27H,4-8H2,1-3H3,(H,26,29). The summed E-state index contributed by atoms with van der Waals surface area (Å²) < 4.78 is 5.93. The van der Waals surface area contributed by atoms with E-state index in [0.29, 0.717) is 41.3 Å². The van der Waals surface area contributed by atoms with Gasteiger partial charge in [0.05, 0.1) is 5.39 Å². The van der Waals surface area contributed by atoms with Crippen molar-refractivity contribution in [1.82, 2.24) is 0 Å². The van der Waals surface area contributed by atoms with E-state index < -0.39 is 11.3 Å². The highest BCUT2D eigenvalue weighted by Gasteiger charge is 2.23. The van der Waals surface area contributed by atoms with Crippen LogP contribution < -0.4 is 10.7 Å². The minimum atomic E-state index is -0.508. The van der Waals surface area contributed by atoms with Gasteiger partial charge in [-0.3, -0.25) is 9.59 Å². The fraction of sp³-hybridized carbons (Fsp3) is 0.333. The van der Waals surface area contributed by atoms with Crippen LogP contribution in [0.2, 0.25) is 5.02 Å². The van der Waals surface area contributed by atoms with Crippen LogP contribution in [0.25, 0.3) is 11.0 Å². The topological polar surface area (TPSA) is 79.5 Å². The summed E-state index contributed by atoms with van der Waals surface area (Å²) in [5, 5.41) is 13.5. The number of anilines is 1. The van der Waals surface area contributed by atoms with Gasteiger partial charge in [0, 0.05) is 17.1 Å². The van der Waals surface area contributed by atoms with Gasteiger partial charge in [-0.05, 0) is 60.7 Å². The Labute approximate surface area is 180 Å². The molecule has 3 aromatic rings. The van der Waals surface area contributed by atoms with Crippen LogP contribution in [0, 0.1) is 0 Å². The largest absolute Gasteiger partial charge is 0.508 e. The van der Waals surface area contributed by atoms with Gasteiger partial charge in [0.2, 0.25) is 5.43 Å². The zero-order chi connectivity index (χ0) is 21.8. The van der Waals surface area contributed by atoms with Gasteiger partial charge < -0.3 is 14.8 Å². The minimum absolute atomic E-state index is 0.0133. The fourth-order valence-electron chi connectivity index (χ4n) is 3.59. The highest BCUT2D eigenvalue weighted by atomic mass is 35.5. The first-order valence-corrected chi connectivity index (χ1v) is 10.7. The number of halogens is 1. The summed E-state index contributed by atoms with van der Waals surface area (Å²) in [6.07, 6.45) is 3.54. The zero-order valence-corrected chi connectivity index (χ0v) is 18.2. The number of amides is 1. The van der Waals surface area contributed by atoms with E-state index in [1.165, 1.54) is 12.1 Å². The maximum absolute atomic E-state index is 13.3. The lowest BCUT2D eigenvalue weighted by Gasteiger charge is -2.16. The second-order valence-corrected chi connectivity index (χ2v) is 7.71. The molecule has 5 nitrogen and oxygen atoms in total. The van der Waals surface area contributed by atoms with Crippen LogP contribution in [-0.2, 0) is 19.3 Å². The molecular formula is C24H26ClNO4. The van der Waals surface area contributed by atoms with Gasteiger partial charge in [-0.15, -0.1) is 0 Å². The van der Waals surface area contributed by atoms with Gasteiger partial charge in [0.25, 0.3) is 5.91 Å². The lowest BCUT2D eigenvalue weighted by Crippen LogP contribution is -2.25. The van der Waals surface area contributed by atoms with Crippen molar-refractivity contribution in [3.63, 3.8) is 0 Å². The number of aryl methyl sites for hydroxylation is 3. The molecule has 0 aliphatic heterocycles. The number of phenols is 1. The van der Waals surface area contributed by atoms with Crippen LogP contribution in [0.5, 0.6) is 5.75 Å². The van der Waals surface area contributed by atoms with Crippen molar-refractivity contribution < 1.29 is 14.3 Å². The predicted molar refractivity (Wildman–Crippen MR) is 121 cm³/mol. The summed E-state index contributed by atoms with van der Waals surface area (Å²) in [6, 6.07) is 8.00. The van der Waals surface area contributed by atoms with E-state index in [2.05, 4.69) is 5.32 Å². The summed E-state index contributed by atoms with van der Waals surface area (Å²) >= 11 is 6.22. The number of unbranched alkanes of at least 4 members (excludes halogenated alkanes) is 1. The summed E-state index contributed by atoms with van der Waals surface area (Å²) in [7, 11) is 0. The number of rotatable bonds is 7. The summed E-state index contributed by atoms with van der Waals surface area (Å²) in [5.74, 6) is -0.198. The van der Waals surface area contributed by atoms with Crippen molar-refractivity contribution in [3.8, 4) is 5.75 Å². The number of fused-ring (bicyclic) bond motifs is 1. The zero-order valence-electron chi connectivity index (χ0n) is 17.5. The first-order chi connectivity index (χ1) is 14.4. The molecule has 3 rings (SSSR count). The van der Waals surface area contributed by atoms with Crippen molar-refractivity contribution in [1.29, 1.82) is 0 Å². The van der Waals surface area contributed by atoms with Crippen LogP contribution in [0.1, 0.15) is 60.9 Å². The Bertz CT molecular complexity index is 1120. The van der Waals surface area contributed by atoms with Crippen LogP contribution >= 0.6 is 11.6 Å². The van der Waals surface area contributed by atoms with Crippen LogP contribution in [0.4, 0.5) is 5.69 Å². The first-order valence-electron chi connectivity index (χ1n) is 10.3. The maximum Gasteiger partial charge on any atom is 0.263 e. The molecule has 0 saturated carbocycles. The SMILES string of the molecule is CCCCc1oc2ccc(O)cc2c(=O)c1C(=O)Nc1c(CC)cc(Cl)cc1CC. The summed E-state index contributed by atoms with van der Waals surface area (Å²) in [4.78, 5) is 26.5. The molecule has 2 N–H and O–H groups in total.